The van der Waals surface area contributed by atoms with Crippen molar-refractivity contribution in [1.29, 1.82) is 0 Å². The van der Waals surface area contributed by atoms with Gasteiger partial charge in [-0.1, -0.05) is 18.2 Å². The smallest absolute Gasteiger partial charge is 0.416 e. The standard InChI is InChI=1S/C31H28F6N6O4/c1-18-7-8-25(26(13-18)45-2)47-27-23(41-29(44)39-21-15-19(30(32,33)34)14-20(16-21)31(35,36)37)17-38-28(42-27)40-22-5-3-4-6-24(22)43-9-11-46-12-10-43/h3-8,13-17H,9-12H2,1-2H3,(H,38,40,42)(H2,39,41,44). The second-order valence-electron chi connectivity index (χ2n) is 10.3. The second-order valence-corrected chi connectivity index (χ2v) is 10.3. The molecule has 0 spiro atoms. The molecule has 5 rings (SSSR count). The van der Waals surface area contributed by atoms with Crippen molar-refractivity contribution >= 4 is 34.7 Å². The van der Waals surface area contributed by atoms with Crippen molar-refractivity contribution in [1.82, 2.24) is 9.97 Å². The number of morpholine rings is 1. The first kappa shape index (κ1) is 33.1. The molecule has 248 valence electrons. The molecule has 0 aliphatic carbocycles. The molecule has 0 atom stereocenters. The summed E-state index contributed by atoms with van der Waals surface area (Å²) in [6.45, 7) is 4.27. The fourth-order valence-corrected chi connectivity index (χ4v) is 4.64. The fraction of sp³-hybridized carbons (Fsp3) is 0.258. The van der Waals surface area contributed by atoms with E-state index in [1.54, 1.807) is 18.2 Å². The molecule has 2 amide bonds. The number of urea groups is 1. The fourth-order valence-electron chi connectivity index (χ4n) is 4.64. The number of alkyl halides is 6. The Morgan fingerprint density at radius 2 is 1.55 bits per heavy atom. The first-order valence-corrected chi connectivity index (χ1v) is 14.1. The Morgan fingerprint density at radius 1 is 0.872 bits per heavy atom. The summed E-state index contributed by atoms with van der Waals surface area (Å²) in [7, 11) is 1.42. The van der Waals surface area contributed by atoms with Crippen LogP contribution < -0.4 is 30.3 Å². The lowest BCUT2D eigenvalue weighted by atomic mass is 10.1. The van der Waals surface area contributed by atoms with Gasteiger partial charge in [0.05, 0.1) is 49.0 Å². The molecule has 3 N–H and O–H groups in total. The number of aryl methyl sites for hydroxylation is 1. The largest absolute Gasteiger partial charge is 0.493 e. The van der Waals surface area contributed by atoms with Crippen LogP contribution in [-0.4, -0.2) is 49.4 Å². The number of ether oxygens (including phenoxy) is 3. The Balaban J connectivity index is 1.46. The van der Waals surface area contributed by atoms with Crippen LogP contribution in [0.2, 0.25) is 0 Å². The van der Waals surface area contributed by atoms with E-state index in [1.807, 2.05) is 36.5 Å². The summed E-state index contributed by atoms with van der Waals surface area (Å²) in [5.41, 5.74) is -1.69. The topological polar surface area (TPSA) is 110 Å². The number of carbonyl (C=O) groups excluding carboxylic acids is 1. The highest BCUT2D eigenvalue weighted by Gasteiger charge is 2.37. The number of nitrogens with one attached hydrogen (secondary N) is 3. The maximum atomic E-state index is 13.3. The summed E-state index contributed by atoms with van der Waals surface area (Å²) >= 11 is 0. The molecule has 3 aromatic carbocycles. The normalized spacial score (nSPS) is 13.6. The van der Waals surface area contributed by atoms with Crippen LogP contribution in [0.4, 0.5) is 59.8 Å². The number of hydrogen-bond donors (Lipinski definition) is 3. The molecule has 1 saturated heterocycles. The van der Waals surface area contributed by atoms with Gasteiger partial charge in [0.25, 0.3) is 0 Å². The van der Waals surface area contributed by atoms with Crippen molar-refractivity contribution in [2.45, 2.75) is 19.3 Å². The van der Waals surface area contributed by atoms with E-state index in [0.29, 0.717) is 49.9 Å². The van der Waals surface area contributed by atoms with Gasteiger partial charge in [-0.15, -0.1) is 0 Å². The number of carbonyl (C=O) groups is 1. The Hall–Kier alpha value is -5.25. The summed E-state index contributed by atoms with van der Waals surface area (Å²) in [6.07, 6.45) is -9.02. The second kappa shape index (κ2) is 13.6. The monoisotopic (exact) mass is 662 g/mol. The van der Waals surface area contributed by atoms with Crippen molar-refractivity contribution < 1.29 is 45.3 Å². The number of benzene rings is 3. The zero-order valence-electron chi connectivity index (χ0n) is 24.9. The van der Waals surface area contributed by atoms with Gasteiger partial charge in [0.2, 0.25) is 11.8 Å². The number of anilines is 5. The first-order valence-electron chi connectivity index (χ1n) is 14.1. The molecule has 0 unspecified atom stereocenters. The number of hydrogen-bond acceptors (Lipinski definition) is 8. The molecule has 1 aliphatic heterocycles. The van der Waals surface area contributed by atoms with Crippen LogP contribution in [-0.2, 0) is 17.1 Å². The highest BCUT2D eigenvalue weighted by molar-refractivity contribution is 6.00. The van der Waals surface area contributed by atoms with E-state index in [2.05, 4.69) is 25.5 Å². The average Bonchev–Trinajstić information content (AvgIpc) is 3.02. The van der Waals surface area contributed by atoms with Gasteiger partial charge in [0, 0.05) is 18.8 Å². The lowest BCUT2D eigenvalue weighted by Gasteiger charge is -2.30. The molecule has 1 aromatic heterocycles. The first-order chi connectivity index (χ1) is 22.3. The number of methoxy groups -OCH3 is 1. The number of para-hydroxylation sites is 2. The highest BCUT2D eigenvalue weighted by atomic mass is 19.4. The lowest BCUT2D eigenvalue weighted by Crippen LogP contribution is -2.36. The molecule has 0 saturated carbocycles. The van der Waals surface area contributed by atoms with Crippen molar-refractivity contribution in [3.8, 4) is 17.4 Å². The number of amides is 2. The van der Waals surface area contributed by atoms with E-state index >= 15 is 0 Å². The summed E-state index contributed by atoms with van der Waals surface area (Å²) in [6, 6.07) is 12.0. The molecule has 47 heavy (non-hydrogen) atoms. The van der Waals surface area contributed by atoms with Crippen molar-refractivity contribution in [2.75, 3.05) is 54.3 Å². The molecule has 1 fully saturated rings. The molecule has 2 heterocycles. The molecular formula is C31H28F6N6O4. The van der Waals surface area contributed by atoms with E-state index in [9.17, 15) is 31.1 Å². The van der Waals surface area contributed by atoms with Crippen molar-refractivity contribution in [3.05, 3.63) is 83.6 Å². The number of rotatable bonds is 8. The third kappa shape index (κ3) is 8.32. The van der Waals surface area contributed by atoms with E-state index < -0.39 is 35.2 Å². The van der Waals surface area contributed by atoms with Crippen LogP contribution in [0.25, 0.3) is 0 Å². The van der Waals surface area contributed by atoms with Gasteiger partial charge in [0.15, 0.2) is 11.5 Å². The van der Waals surface area contributed by atoms with Crippen LogP contribution in [0.1, 0.15) is 16.7 Å². The van der Waals surface area contributed by atoms with Crippen LogP contribution in [0.3, 0.4) is 0 Å². The van der Waals surface area contributed by atoms with Gasteiger partial charge in [0.1, 0.15) is 5.69 Å². The van der Waals surface area contributed by atoms with Crippen molar-refractivity contribution in [3.63, 3.8) is 0 Å². The van der Waals surface area contributed by atoms with Gasteiger partial charge >= 0.3 is 18.4 Å². The van der Waals surface area contributed by atoms with Crippen LogP contribution in [0, 0.1) is 6.92 Å². The number of nitrogens with zero attached hydrogens (tertiary/aromatic N) is 3. The molecule has 16 heteroatoms. The maximum absolute atomic E-state index is 13.3. The maximum Gasteiger partial charge on any atom is 0.416 e. The Morgan fingerprint density at radius 3 is 2.21 bits per heavy atom. The SMILES string of the molecule is COc1cc(C)ccc1Oc1nc(Nc2ccccc2N2CCOCC2)ncc1NC(=O)Nc1cc(C(F)(F)F)cc(C(F)(F)F)c1. The average molecular weight is 663 g/mol. The van der Waals surface area contributed by atoms with Gasteiger partial charge in [-0.3, -0.25) is 0 Å². The molecule has 0 radical (unpaired) electrons. The third-order valence-corrected chi connectivity index (χ3v) is 6.88. The minimum absolute atomic E-state index is 0.0409. The lowest BCUT2D eigenvalue weighted by molar-refractivity contribution is -0.143. The van der Waals surface area contributed by atoms with E-state index in [1.165, 1.54) is 13.3 Å². The minimum Gasteiger partial charge on any atom is -0.493 e. The number of halogens is 6. The van der Waals surface area contributed by atoms with Crippen LogP contribution >= 0.6 is 0 Å². The highest BCUT2D eigenvalue weighted by Crippen LogP contribution is 2.39. The van der Waals surface area contributed by atoms with E-state index in [-0.39, 0.29) is 29.3 Å². The minimum atomic E-state index is -5.10. The van der Waals surface area contributed by atoms with Gasteiger partial charge in [-0.25, -0.2) is 9.78 Å². The summed E-state index contributed by atoms with van der Waals surface area (Å²) in [5, 5.41) is 7.50. The zero-order valence-corrected chi connectivity index (χ0v) is 24.9. The van der Waals surface area contributed by atoms with Gasteiger partial charge in [-0.2, -0.15) is 31.3 Å². The zero-order chi connectivity index (χ0) is 33.8. The quantitative estimate of drug-likeness (QED) is 0.164. The molecular weight excluding hydrogens is 634 g/mol. The third-order valence-electron chi connectivity index (χ3n) is 6.88. The van der Waals surface area contributed by atoms with Crippen molar-refractivity contribution in [2.24, 2.45) is 0 Å². The molecule has 4 aromatic rings. The molecule has 1 aliphatic rings. The Labute approximate surface area is 264 Å². The van der Waals surface area contributed by atoms with E-state index in [0.717, 1.165) is 11.3 Å². The van der Waals surface area contributed by atoms with Gasteiger partial charge < -0.3 is 35.1 Å². The summed E-state index contributed by atoms with van der Waals surface area (Å²) < 4.78 is 96.9. The Bertz CT molecular complexity index is 1710. The summed E-state index contributed by atoms with van der Waals surface area (Å²) in [5.74, 6) is 0.386. The Kier molecular flexibility index (Phi) is 9.60. The molecule has 0 bridgehead atoms. The van der Waals surface area contributed by atoms with Gasteiger partial charge in [-0.05, 0) is 55.0 Å². The number of aromatic nitrogens is 2. The predicted molar refractivity (Wildman–Crippen MR) is 162 cm³/mol. The molecule has 10 nitrogen and oxygen atoms in total. The predicted octanol–water partition coefficient (Wildman–Crippen LogP) is 7.85. The summed E-state index contributed by atoms with van der Waals surface area (Å²) in [4.78, 5) is 23.7. The van der Waals surface area contributed by atoms with Crippen LogP contribution in [0.15, 0.2) is 66.9 Å². The van der Waals surface area contributed by atoms with E-state index in [4.69, 9.17) is 14.2 Å². The van der Waals surface area contributed by atoms with Crippen LogP contribution in [0.5, 0.6) is 17.4 Å².